The number of ether oxygens (including phenoxy) is 2. The van der Waals surface area contributed by atoms with Crippen molar-refractivity contribution in [2.75, 3.05) is 6.61 Å². The molecule has 1 saturated heterocycles. The molecule has 2 bridgehead atoms. The van der Waals surface area contributed by atoms with Crippen LogP contribution in [0.4, 0.5) is 0 Å². The summed E-state index contributed by atoms with van der Waals surface area (Å²) in [6.45, 7) is 13.8. The Morgan fingerprint density at radius 2 is 1.70 bits per heavy atom. The van der Waals surface area contributed by atoms with Crippen molar-refractivity contribution in [1.29, 1.82) is 0 Å². The van der Waals surface area contributed by atoms with Gasteiger partial charge in [-0.1, -0.05) is 0 Å². The third-order valence-electron chi connectivity index (χ3n) is 5.98. The average molecular weight is 483 g/mol. The van der Waals surface area contributed by atoms with E-state index in [1.54, 1.807) is 0 Å². The predicted molar refractivity (Wildman–Crippen MR) is 116 cm³/mol. The molecule has 154 valence electrons. The molecule has 0 aliphatic carbocycles. The van der Waals surface area contributed by atoms with Crippen LogP contribution < -0.4 is 0 Å². The maximum atomic E-state index is 11.0. The predicted octanol–water partition coefficient (Wildman–Crippen LogP) is 5.92. The van der Waals surface area contributed by atoms with E-state index < -0.39 is 30.8 Å². The Hall–Kier alpha value is -0.101. The first-order valence-corrected chi connectivity index (χ1v) is 18.5. The van der Waals surface area contributed by atoms with Gasteiger partial charge in [-0.3, -0.25) is 0 Å². The molecule has 0 aromatic rings. The first-order chi connectivity index (χ1) is 13.0. The van der Waals surface area contributed by atoms with Crippen LogP contribution in [0.25, 0.3) is 0 Å². The fourth-order valence-corrected chi connectivity index (χ4v) is 21.8. The molecule has 0 amide bonds. The van der Waals surface area contributed by atoms with E-state index in [1.165, 1.54) is 55.4 Å². The van der Waals surface area contributed by atoms with Crippen LogP contribution in [-0.2, 0) is 9.47 Å². The van der Waals surface area contributed by atoms with Gasteiger partial charge in [-0.25, -0.2) is 0 Å². The van der Waals surface area contributed by atoms with Crippen molar-refractivity contribution in [2.45, 2.75) is 98.0 Å². The van der Waals surface area contributed by atoms with E-state index >= 15 is 0 Å². The second-order valence-corrected chi connectivity index (χ2v) is 21.6. The van der Waals surface area contributed by atoms with Crippen LogP contribution in [0.15, 0.2) is 33.5 Å². The zero-order valence-corrected chi connectivity index (χ0v) is 20.8. The minimum absolute atomic E-state index is 0.00515. The van der Waals surface area contributed by atoms with Gasteiger partial charge in [0.05, 0.1) is 0 Å². The molecule has 3 atom stereocenters. The van der Waals surface area contributed by atoms with E-state index in [9.17, 15) is 5.11 Å². The van der Waals surface area contributed by atoms with Crippen molar-refractivity contribution in [1.82, 2.24) is 0 Å². The molecule has 0 saturated carbocycles. The molecule has 0 spiro atoms. The van der Waals surface area contributed by atoms with Gasteiger partial charge in [-0.15, -0.1) is 0 Å². The van der Waals surface area contributed by atoms with E-state index in [0.717, 1.165) is 11.1 Å². The molecule has 0 aromatic heterocycles. The molecule has 2 rings (SSSR count). The van der Waals surface area contributed by atoms with Gasteiger partial charge in [0.25, 0.3) is 0 Å². The number of allylic oxidation sites excluding steroid dienone is 2. The molecular formula is C23H40O3Sn. The van der Waals surface area contributed by atoms with E-state index in [4.69, 9.17) is 9.47 Å². The van der Waals surface area contributed by atoms with Crippen LogP contribution in [0.1, 0.15) is 66.2 Å². The molecule has 3 nitrogen and oxygen atoms in total. The SMILES string of the molecule is C=C(C)/C=[C](\C1=C[C@H]2CO[C@H](O2)[C@H]1O)[Sn]([CH2]CCC)([CH2]CCC)[CH2]CCC. The Morgan fingerprint density at radius 1 is 1.15 bits per heavy atom. The average Bonchev–Trinajstić information content (AvgIpc) is 3.06. The van der Waals surface area contributed by atoms with E-state index in [0.29, 0.717) is 6.61 Å². The normalized spacial score (nSPS) is 25.6. The van der Waals surface area contributed by atoms with Gasteiger partial charge in [-0.2, -0.15) is 0 Å². The molecule has 27 heavy (non-hydrogen) atoms. The number of unbranched alkanes of at least 4 members (excludes halogenated alkanes) is 3. The quantitative estimate of drug-likeness (QED) is 0.277. The number of hydrogen-bond donors (Lipinski definition) is 1. The summed E-state index contributed by atoms with van der Waals surface area (Å²) < 4.78 is 17.1. The molecule has 4 heteroatoms. The first-order valence-electron chi connectivity index (χ1n) is 11.0. The molecule has 2 aliphatic heterocycles. The third kappa shape index (κ3) is 5.94. The van der Waals surface area contributed by atoms with Gasteiger partial charge in [0.1, 0.15) is 0 Å². The van der Waals surface area contributed by atoms with Crippen molar-refractivity contribution in [2.24, 2.45) is 0 Å². The van der Waals surface area contributed by atoms with Crippen molar-refractivity contribution in [3.8, 4) is 0 Å². The van der Waals surface area contributed by atoms with Crippen LogP contribution >= 0.6 is 0 Å². The topological polar surface area (TPSA) is 38.7 Å². The Bertz CT molecular complexity index is 530. The summed E-state index contributed by atoms with van der Waals surface area (Å²) in [5.74, 6) is 0. The second kappa shape index (κ2) is 11.2. The molecular weight excluding hydrogens is 443 g/mol. The summed E-state index contributed by atoms with van der Waals surface area (Å²) in [6, 6.07) is 0. The molecule has 0 unspecified atom stereocenters. The maximum absolute atomic E-state index is 11.0. The van der Waals surface area contributed by atoms with E-state index in [-0.39, 0.29) is 6.10 Å². The van der Waals surface area contributed by atoms with Crippen molar-refractivity contribution < 1.29 is 14.6 Å². The molecule has 0 aromatic carbocycles. The summed E-state index contributed by atoms with van der Waals surface area (Å²) in [7, 11) is 0. The number of aliphatic hydroxyl groups excluding tert-OH is 1. The van der Waals surface area contributed by atoms with Crippen LogP contribution in [0.3, 0.4) is 0 Å². The number of fused-ring (bicyclic) bond motifs is 2. The molecule has 2 heterocycles. The standard InChI is InChI=1S/C11H13O3.3C4H9.Sn/c1-7(2)3-4-8-5-9-6-13-11(14-9)10(8)12;3*1-3-4-2;/h3,5,9-12H,1,6H2,2H3;3*1,3-4H2,2H3;/t9-,10-,11+;;;;/m0..../s1. The zero-order valence-electron chi connectivity index (χ0n) is 17.9. The van der Waals surface area contributed by atoms with Gasteiger partial charge < -0.3 is 0 Å². The first kappa shape index (κ1) is 23.2. The van der Waals surface area contributed by atoms with Crippen molar-refractivity contribution in [3.63, 3.8) is 0 Å². The Labute approximate surface area is 170 Å². The minimum atomic E-state index is -2.70. The van der Waals surface area contributed by atoms with Crippen molar-refractivity contribution >= 4 is 18.4 Å². The van der Waals surface area contributed by atoms with E-state index in [1.807, 2.05) is 0 Å². The summed E-state index contributed by atoms with van der Waals surface area (Å²) in [6.07, 6.45) is 11.0. The number of aliphatic hydroxyl groups is 1. The molecule has 0 radical (unpaired) electrons. The van der Waals surface area contributed by atoms with E-state index in [2.05, 4.69) is 46.4 Å². The zero-order chi connectivity index (χ0) is 19.9. The third-order valence-corrected chi connectivity index (χ3v) is 21.7. The number of rotatable bonds is 12. The fraction of sp³-hybridized carbons (Fsp3) is 0.739. The second-order valence-electron chi connectivity index (χ2n) is 8.44. The molecule has 2 aliphatic rings. The molecule has 1 fully saturated rings. The Kier molecular flexibility index (Phi) is 9.60. The Morgan fingerprint density at radius 3 is 2.19 bits per heavy atom. The summed E-state index contributed by atoms with van der Waals surface area (Å²) >= 11 is -2.70. The summed E-state index contributed by atoms with van der Waals surface area (Å²) in [5, 5.41) is 11.0. The van der Waals surface area contributed by atoms with Gasteiger partial charge in [0.2, 0.25) is 0 Å². The summed E-state index contributed by atoms with van der Waals surface area (Å²) in [4.78, 5) is 0. The van der Waals surface area contributed by atoms with Crippen LogP contribution in [-0.4, -0.2) is 48.6 Å². The monoisotopic (exact) mass is 484 g/mol. The fourth-order valence-electron chi connectivity index (χ4n) is 4.50. The van der Waals surface area contributed by atoms with Gasteiger partial charge in [0.15, 0.2) is 0 Å². The van der Waals surface area contributed by atoms with Gasteiger partial charge in [-0.05, 0) is 0 Å². The molecule has 1 N–H and O–H groups in total. The Balaban J connectivity index is 2.50. The van der Waals surface area contributed by atoms with Crippen molar-refractivity contribution in [3.05, 3.63) is 33.5 Å². The van der Waals surface area contributed by atoms with Crippen LogP contribution in [0.2, 0.25) is 13.3 Å². The summed E-state index contributed by atoms with van der Waals surface area (Å²) in [5.41, 5.74) is 2.22. The van der Waals surface area contributed by atoms with Gasteiger partial charge >= 0.3 is 171 Å². The number of hydrogen-bond acceptors (Lipinski definition) is 3. The van der Waals surface area contributed by atoms with Gasteiger partial charge in [0, 0.05) is 0 Å². The van der Waals surface area contributed by atoms with Crippen LogP contribution in [0.5, 0.6) is 0 Å². The van der Waals surface area contributed by atoms with Crippen LogP contribution in [0, 0.1) is 0 Å².